The molecule has 1 aromatic carbocycles. The summed E-state index contributed by atoms with van der Waals surface area (Å²) in [5.74, 6) is 0.283. The van der Waals surface area contributed by atoms with Gasteiger partial charge in [-0.15, -0.1) is 0 Å². The standard InChI is InChI=1S/C27H37N7O2/c1-32(23-16-27(17-23)14-20(28)15-27)21-4-2-19-13-22(5-3-18(19)12-21)34-9-6-24(31-26(34)36)30-25(35)33-10-7-29-8-11-33/h3,5-6,9,13,20-21,23,29H,2,4,7-8,10-12,14-17,28H2,1H3,(H,30,31,35,36). The van der Waals surface area contributed by atoms with Crippen molar-refractivity contribution in [3.8, 4) is 5.69 Å². The molecule has 9 nitrogen and oxygen atoms in total. The number of hydrogen-bond acceptors (Lipinski definition) is 6. The summed E-state index contributed by atoms with van der Waals surface area (Å²) in [5.41, 5.74) is 9.72. The van der Waals surface area contributed by atoms with Crippen molar-refractivity contribution in [1.82, 2.24) is 24.7 Å². The molecule has 1 spiro atoms. The van der Waals surface area contributed by atoms with Gasteiger partial charge in [-0.25, -0.2) is 9.59 Å². The average Bonchev–Trinajstić information content (AvgIpc) is 2.85. The number of fused-ring (bicyclic) bond motifs is 1. The van der Waals surface area contributed by atoms with Gasteiger partial charge in [0.15, 0.2) is 0 Å². The Bertz CT molecular complexity index is 1190. The molecule has 3 fully saturated rings. The number of nitrogens with one attached hydrogen (secondary N) is 2. The van der Waals surface area contributed by atoms with Crippen molar-refractivity contribution in [3.63, 3.8) is 0 Å². The van der Waals surface area contributed by atoms with Crippen LogP contribution >= 0.6 is 0 Å². The Labute approximate surface area is 212 Å². The molecular formula is C27H37N7O2. The van der Waals surface area contributed by atoms with Crippen molar-refractivity contribution in [2.75, 3.05) is 38.5 Å². The van der Waals surface area contributed by atoms with Crippen LogP contribution in [0, 0.1) is 5.41 Å². The number of carbonyl (C=O) groups is 1. The number of piperazine rings is 1. The summed E-state index contributed by atoms with van der Waals surface area (Å²) in [6, 6.07) is 9.47. The van der Waals surface area contributed by atoms with E-state index in [9.17, 15) is 9.59 Å². The number of urea groups is 1. The Kier molecular flexibility index (Phi) is 6.09. The number of nitrogens with two attached hydrogens (primary N) is 1. The number of nitrogens with zero attached hydrogens (tertiary/aromatic N) is 4. The van der Waals surface area contributed by atoms with Gasteiger partial charge in [0.25, 0.3) is 0 Å². The highest BCUT2D eigenvalue weighted by molar-refractivity contribution is 5.88. The van der Waals surface area contributed by atoms with Gasteiger partial charge in [0.2, 0.25) is 0 Å². The van der Waals surface area contributed by atoms with Crippen LogP contribution < -0.4 is 22.1 Å². The number of anilines is 1. The molecule has 9 heteroatoms. The number of likely N-dealkylation sites (N-methyl/N-ethyl adjacent to an activating group) is 1. The molecule has 1 aliphatic heterocycles. The predicted octanol–water partition coefficient (Wildman–Crippen LogP) is 1.73. The maximum absolute atomic E-state index is 12.8. The lowest BCUT2D eigenvalue weighted by atomic mass is 9.52. The molecule has 2 aromatic rings. The molecule has 0 radical (unpaired) electrons. The first-order valence-electron chi connectivity index (χ1n) is 13.4. The van der Waals surface area contributed by atoms with E-state index in [-0.39, 0.29) is 11.8 Å². The monoisotopic (exact) mass is 491 g/mol. The van der Waals surface area contributed by atoms with E-state index in [1.165, 1.54) is 36.8 Å². The molecule has 2 heterocycles. The Morgan fingerprint density at radius 1 is 1.14 bits per heavy atom. The smallest absolute Gasteiger partial charge is 0.328 e. The minimum atomic E-state index is -0.392. The number of rotatable bonds is 4. The van der Waals surface area contributed by atoms with Gasteiger partial charge in [-0.1, -0.05) is 6.07 Å². The third-order valence-electron chi connectivity index (χ3n) is 8.99. The molecule has 6 rings (SSSR count). The Morgan fingerprint density at radius 3 is 2.64 bits per heavy atom. The van der Waals surface area contributed by atoms with Crippen molar-refractivity contribution in [2.45, 2.75) is 63.1 Å². The first-order valence-corrected chi connectivity index (χ1v) is 13.4. The normalized spacial score (nSPS) is 29.4. The third kappa shape index (κ3) is 4.44. The van der Waals surface area contributed by atoms with Gasteiger partial charge >= 0.3 is 11.7 Å². The van der Waals surface area contributed by atoms with Crippen molar-refractivity contribution < 1.29 is 4.79 Å². The van der Waals surface area contributed by atoms with E-state index in [1.54, 1.807) is 21.7 Å². The highest BCUT2D eigenvalue weighted by atomic mass is 16.2. The molecule has 36 heavy (non-hydrogen) atoms. The molecular weight excluding hydrogens is 454 g/mol. The molecule has 1 saturated heterocycles. The number of hydrogen-bond donors (Lipinski definition) is 3. The second kappa shape index (κ2) is 9.28. The molecule has 1 aromatic heterocycles. The van der Waals surface area contributed by atoms with E-state index >= 15 is 0 Å². The number of amides is 2. The molecule has 4 N–H and O–H groups in total. The van der Waals surface area contributed by atoms with E-state index in [1.807, 2.05) is 6.07 Å². The zero-order valence-corrected chi connectivity index (χ0v) is 21.1. The quantitative estimate of drug-likeness (QED) is 0.601. The summed E-state index contributed by atoms with van der Waals surface area (Å²) >= 11 is 0. The predicted molar refractivity (Wildman–Crippen MR) is 140 cm³/mol. The third-order valence-corrected chi connectivity index (χ3v) is 8.99. The van der Waals surface area contributed by atoms with E-state index in [4.69, 9.17) is 5.73 Å². The summed E-state index contributed by atoms with van der Waals surface area (Å²) in [4.78, 5) is 33.7. The minimum Gasteiger partial charge on any atom is -0.328 e. The number of benzene rings is 1. The van der Waals surface area contributed by atoms with Crippen LogP contribution in [0.5, 0.6) is 0 Å². The van der Waals surface area contributed by atoms with Crippen molar-refractivity contribution in [1.29, 1.82) is 0 Å². The zero-order valence-electron chi connectivity index (χ0n) is 21.1. The van der Waals surface area contributed by atoms with Gasteiger partial charge in [-0.2, -0.15) is 4.98 Å². The lowest BCUT2D eigenvalue weighted by Gasteiger charge is -2.60. The molecule has 192 valence electrons. The average molecular weight is 492 g/mol. The van der Waals surface area contributed by atoms with Crippen molar-refractivity contribution in [3.05, 3.63) is 52.1 Å². The Morgan fingerprint density at radius 2 is 1.92 bits per heavy atom. The lowest BCUT2D eigenvalue weighted by Crippen LogP contribution is -2.60. The second-order valence-electron chi connectivity index (χ2n) is 11.4. The largest absolute Gasteiger partial charge is 0.354 e. The molecule has 1 unspecified atom stereocenters. The van der Waals surface area contributed by atoms with E-state index < -0.39 is 5.69 Å². The van der Waals surface area contributed by atoms with E-state index in [2.05, 4.69) is 39.7 Å². The maximum Gasteiger partial charge on any atom is 0.354 e. The fourth-order valence-electron chi connectivity index (χ4n) is 6.86. The van der Waals surface area contributed by atoms with Gasteiger partial charge in [-0.05, 0) is 86.7 Å². The zero-order chi connectivity index (χ0) is 24.9. The summed E-state index contributed by atoms with van der Waals surface area (Å²) in [7, 11) is 2.30. The molecule has 4 aliphatic rings. The van der Waals surface area contributed by atoms with Crippen LogP contribution in [0.3, 0.4) is 0 Å². The molecule has 0 bridgehead atoms. The topological polar surface area (TPSA) is 109 Å². The minimum absolute atomic E-state index is 0.220. The summed E-state index contributed by atoms with van der Waals surface area (Å²) in [6.07, 6.45) is 9.95. The first-order chi connectivity index (χ1) is 17.4. The van der Waals surface area contributed by atoms with Crippen LogP contribution in [0.4, 0.5) is 10.6 Å². The number of aromatic nitrogens is 2. The Hall–Kier alpha value is -2.75. The lowest BCUT2D eigenvalue weighted by molar-refractivity contribution is -0.0706. The summed E-state index contributed by atoms with van der Waals surface area (Å²) in [6.45, 7) is 2.83. The highest BCUT2D eigenvalue weighted by Crippen LogP contribution is 2.56. The molecule has 2 amide bonds. The molecule has 1 atom stereocenters. The maximum atomic E-state index is 12.8. The van der Waals surface area contributed by atoms with Crippen molar-refractivity contribution in [2.24, 2.45) is 11.1 Å². The second-order valence-corrected chi connectivity index (χ2v) is 11.4. The van der Waals surface area contributed by atoms with Gasteiger partial charge in [-0.3, -0.25) is 9.88 Å². The van der Waals surface area contributed by atoms with E-state index in [0.717, 1.165) is 38.0 Å². The van der Waals surface area contributed by atoms with Gasteiger partial charge < -0.3 is 20.9 Å². The van der Waals surface area contributed by atoms with Gasteiger partial charge in [0.1, 0.15) is 5.82 Å². The SMILES string of the molecule is CN(C1CCc2cc(-n3ccc(NC(=O)N4CCNCC4)nc3=O)ccc2C1)C1CC2(CC(N)C2)C1. The van der Waals surface area contributed by atoms with E-state index in [0.29, 0.717) is 36.6 Å². The van der Waals surface area contributed by atoms with Crippen LogP contribution in [-0.4, -0.2) is 76.7 Å². The van der Waals surface area contributed by atoms with Crippen LogP contribution in [0.2, 0.25) is 0 Å². The van der Waals surface area contributed by atoms with Crippen LogP contribution in [0.1, 0.15) is 43.2 Å². The number of aryl methyl sites for hydroxylation is 1. The first kappa shape index (κ1) is 23.6. The van der Waals surface area contributed by atoms with Crippen LogP contribution in [0.15, 0.2) is 35.3 Å². The summed E-state index contributed by atoms with van der Waals surface area (Å²) < 4.78 is 1.55. The Balaban J connectivity index is 1.09. The fourth-order valence-corrected chi connectivity index (χ4v) is 6.86. The molecule has 2 saturated carbocycles. The van der Waals surface area contributed by atoms with Gasteiger partial charge in [0, 0.05) is 50.5 Å². The summed E-state index contributed by atoms with van der Waals surface area (Å²) in [5, 5.41) is 5.97. The van der Waals surface area contributed by atoms with Crippen LogP contribution in [0.25, 0.3) is 5.69 Å². The van der Waals surface area contributed by atoms with Crippen LogP contribution in [-0.2, 0) is 12.8 Å². The highest BCUT2D eigenvalue weighted by Gasteiger charge is 2.53. The fraction of sp³-hybridized carbons (Fsp3) is 0.593. The number of carbonyl (C=O) groups excluding carboxylic acids is 1. The van der Waals surface area contributed by atoms with Crippen molar-refractivity contribution >= 4 is 11.8 Å². The molecule has 3 aliphatic carbocycles. The van der Waals surface area contributed by atoms with Gasteiger partial charge in [0.05, 0.1) is 5.69 Å².